The number of carbonyl (C=O) groups is 1. The second kappa shape index (κ2) is 9.17. The highest BCUT2D eigenvalue weighted by Crippen LogP contribution is 2.32. The minimum absolute atomic E-state index is 0.0465. The molecule has 0 radical (unpaired) electrons. The molecule has 5 rings (SSSR count). The van der Waals surface area contributed by atoms with E-state index in [4.69, 9.17) is 16.0 Å². The zero-order chi connectivity index (χ0) is 23.0. The SMILES string of the molecule is O=C(Nc1nnc(-c2ccc3c(c2)CCCC3)o1)C1CCCCN1S(=O)(=O)c1ccc(Cl)s1. The Kier molecular flexibility index (Phi) is 6.26. The molecule has 0 bridgehead atoms. The van der Waals surface area contributed by atoms with Gasteiger partial charge in [0.05, 0.1) is 4.34 Å². The fourth-order valence-corrected chi connectivity index (χ4v) is 7.72. The molecule has 1 saturated heterocycles. The fraction of sp³-hybridized carbons (Fsp3) is 0.409. The van der Waals surface area contributed by atoms with Crippen LogP contribution in [0.25, 0.3) is 11.5 Å². The van der Waals surface area contributed by atoms with Crippen LogP contribution in [0.2, 0.25) is 4.34 Å². The van der Waals surface area contributed by atoms with Crippen molar-refractivity contribution in [1.29, 1.82) is 0 Å². The molecular weight excluding hydrogens is 484 g/mol. The molecule has 2 aromatic heterocycles. The van der Waals surface area contributed by atoms with E-state index in [-0.39, 0.29) is 16.8 Å². The molecule has 8 nitrogen and oxygen atoms in total. The number of nitrogens with one attached hydrogen (secondary N) is 1. The predicted molar refractivity (Wildman–Crippen MR) is 126 cm³/mol. The maximum atomic E-state index is 13.1. The molecule has 0 spiro atoms. The van der Waals surface area contributed by atoms with Crippen molar-refractivity contribution in [3.63, 3.8) is 0 Å². The van der Waals surface area contributed by atoms with Gasteiger partial charge in [-0.3, -0.25) is 10.1 Å². The number of aryl methyl sites for hydroxylation is 2. The lowest BCUT2D eigenvalue weighted by atomic mass is 9.90. The van der Waals surface area contributed by atoms with Gasteiger partial charge in [0.25, 0.3) is 10.0 Å². The summed E-state index contributed by atoms with van der Waals surface area (Å²) in [6, 6.07) is 8.21. The van der Waals surface area contributed by atoms with E-state index >= 15 is 0 Å². The number of sulfonamides is 1. The molecule has 0 saturated carbocycles. The van der Waals surface area contributed by atoms with E-state index in [2.05, 4.69) is 27.6 Å². The van der Waals surface area contributed by atoms with Crippen molar-refractivity contribution in [2.45, 2.75) is 55.2 Å². The van der Waals surface area contributed by atoms with Crippen LogP contribution in [0.3, 0.4) is 0 Å². The molecule has 1 atom stereocenters. The van der Waals surface area contributed by atoms with Crippen molar-refractivity contribution < 1.29 is 17.6 Å². The molecule has 1 amide bonds. The summed E-state index contributed by atoms with van der Waals surface area (Å²) in [4.78, 5) is 13.0. The van der Waals surface area contributed by atoms with Crippen LogP contribution in [0.5, 0.6) is 0 Å². The van der Waals surface area contributed by atoms with Gasteiger partial charge >= 0.3 is 6.01 Å². The molecule has 1 unspecified atom stereocenters. The van der Waals surface area contributed by atoms with Crippen molar-refractivity contribution in [2.75, 3.05) is 11.9 Å². The lowest BCUT2D eigenvalue weighted by Crippen LogP contribution is -2.49. The standard InChI is InChI=1S/C22H23ClN4O4S2/c23-18-10-11-19(32-18)33(29,30)27-12-4-3-7-17(27)20(28)24-22-26-25-21(31-22)16-9-8-14-5-1-2-6-15(14)13-16/h8-11,13,17H,1-7,12H2,(H,24,26,28). The molecule has 3 heterocycles. The van der Waals surface area contributed by atoms with E-state index in [0.29, 0.717) is 23.1 Å². The van der Waals surface area contributed by atoms with Crippen molar-refractivity contribution >= 4 is 44.9 Å². The zero-order valence-electron chi connectivity index (χ0n) is 17.8. The average molecular weight is 507 g/mol. The van der Waals surface area contributed by atoms with Gasteiger partial charge in [-0.1, -0.05) is 29.2 Å². The number of carbonyl (C=O) groups excluding carboxylic acids is 1. The van der Waals surface area contributed by atoms with E-state index in [1.54, 1.807) is 6.07 Å². The first-order valence-corrected chi connectivity index (χ1v) is 13.6. The van der Waals surface area contributed by atoms with Gasteiger partial charge in [-0.25, -0.2) is 8.42 Å². The Balaban J connectivity index is 1.33. The molecule has 2 aliphatic rings. The lowest BCUT2D eigenvalue weighted by Gasteiger charge is -2.32. The number of anilines is 1. The van der Waals surface area contributed by atoms with Crippen LogP contribution in [-0.2, 0) is 27.7 Å². The number of piperidine rings is 1. The van der Waals surface area contributed by atoms with Crippen molar-refractivity contribution in [3.05, 3.63) is 45.8 Å². The summed E-state index contributed by atoms with van der Waals surface area (Å²) in [6.45, 7) is 0.264. The van der Waals surface area contributed by atoms with Crippen LogP contribution in [-0.4, -0.2) is 41.4 Å². The topological polar surface area (TPSA) is 105 Å². The Bertz CT molecular complexity index is 1290. The van der Waals surface area contributed by atoms with Gasteiger partial charge in [0.15, 0.2) is 0 Å². The molecule has 174 valence electrons. The maximum Gasteiger partial charge on any atom is 0.322 e. The summed E-state index contributed by atoms with van der Waals surface area (Å²) in [7, 11) is -3.83. The van der Waals surface area contributed by atoms with Crippen LogP contribution >= 0.6 is 22.9 Å². The highest BCUT2D eigenvalue weighted by atomic mass is 35.5. The number of rotatable bonds is 5. The molecule has 33 heavy (non-hydrogen) atoms. The van der Waals surface area contributed by atoms with Crippen LogP contribution < -0.4 is 5.32 Å². The normalized spacial score (nSPS) is 19.2. The molecule has 1 aliphatic heterocycles. The monoisotopic (exact) mass is 506 g/mol. The smallest absolute Gasteiger partial charge is 0.322 e. The number of aromatic nitrogens is 2. The summed E-state index contributed by atoms with van der Waals surface area (Å²) in [6.07, 6.45) is 6.33. The number of nitrogens with zero attached hydrogens (tertiary/aromatic N) is 3. The second-order valence-corrected chi connectivity index (χ2v) is 12.1. The summed E-state index contributed by atoms with van der Waals surface area (Å²) >= 11 is 6.91. The first-order valence-electron chi connectivity index (χ1n) is 11.0. The summed E-state index contributed by atoms with van der Waals surface area (Å²) in [5, 5.41) is 10.6. The van der Waals surface area contributed by atoms with Crippen molar-refractivity contribution in [2.24, 2.45) is 0 Å². The third-order valence-corrected chi connectivity index (χ3v) is 9.73. The molecule has 11 heteroatoms. The fourth-order valence-electron chi connectivity index (χ4n) is 4.45. The Morgan fingerprint density at radius 3 is 2.70 bits per heavy atom. The average Bonchev–Trinajstić information content (AvgIpc) is 3.48. The summed E-state index contributed by atoms with van der Waals surface area (Å²) in [5.74, 6) is -0.165. The third kappa shape index (κ3) is 4.57. The highest BCUT2D eigenvalue weighted by Gasteiger charge is 2.38. The second-order valence-electron chi connectivity index (χ2n) is 8.28. The molecule has 1 aromatic carbocycles. The molecule has 3 aromatic rings. The molecule has 1 aliphatic carbocycles. The van der Waals surface area contributed by atoms with Crippen molar-refractivity contribution in [3.8, 4) is 11.5 Å². The maximum absolute atomic E-state index is 13.1. The van der Waals surface area contributed by atoms with Crippen LogP contribution in [0.4, 0.5) is 6.01 Å². The Morgan fingerprint density at radius 2 is 1.91 bits per heavy atom. The Hall–Kier alpha value is -2.27. The first-order chi connectivity index (χ1) is 15.9. The van der Waals surface area contributed by atoms with Gasteiger partial charge < -0.3 is 4.42 Å². The number of benzene rings is 1. The van der Waals surface area contributed by atoms with E-state index in [1.807, 2.05) is 6.07 Å². The van der Waals surface area contributed by atoms with E-state index in [0.717, 1.165) is 36.2 Å². The van der Waals surface area contributed by atoms with E-state index in [1.165, 1.54) is 34.3 Å². The first kappa shape index (κ1) is 22.5. The summed E-state index contributed by atoms with van der Waals surface area (Å²) < 4.78 is 33.7. The number of amides is 1. The van der Waals surface area contributed by atoms with Crippen molar-refractivity contribution in [1.82, 2.24) is 14.5 Å². The molecule has 1 fully saturated rings. The summed E-state index contributed by atoms with van der Waals surface area (Å²) in [5.41, 5.74) is 3.45. The number of hydrogen-bond acceptors (Lipinski definition) is 7. The number of fused-ring (bicyclic) bond motifs is 1. The quantitative estimate of drug-likeness (QED) is 0.545. The van der Waals surface area contributed by atoms with E-state index in [9.17, 15) is 13.2 Å². The van der Waals surface area contributed by atoms with Gasteiger partial charge in [-0.05, 0) is 73.9 Å². The van der Waals surface area contributed by atoms with Crippen LogP contribution in [0, 0.1) is 0 Å². The minimum atomic E-state index is -3.83. The minimum Gasteiger partial charge on any atom is -0.403 e. The lowest BCUT2D eigenvalue weighted by molar-refractivity contribution is -0.120. The van der Waals surface area contributed by atoms with Crippen LogP contribution in [0.1, 0.15) is 43.2 Å². The largest absolute Gasteiger partial charge is 0.403 e. The number of halogens is 1. The number of hydrogen-bond donors (Lipinski definition) is 1. The Labute approximate surface area is 201 Å². The van der Waals surface area contributed by atoms with E-state index < -0.39 is 22.0 Å². The van der Waals surface area contributed by atoms with Gasteiger partial charge in [0.2, 0.25) is 11.8 Å². The van der Waals surface area contributed by atoms with Crippen LogP contribution in [0.15, 0.2) is 39.0 Å². The zero-order valence-corrected chi connectivity index (χ0v) is 20.2. The number of thiophene rings is 1. The van der Waals surface area contributed by atoms with Gasteiger partial charge in [-0.2, -0.15) is 4.31 Å². The third-order valence-electron chi connectivity index (χ3n) is 6.12. The van der Waals surface area contributed by atoms with Gasteiger partial charge in [0.1, 0.15) is 10.3 Å². The van der Waals surface area contributed by atoms with Gasteiger partial charge in [-0.15, -0.1) is 16.4 Å². The molecule has 1 N–H and O–H groups in total. The predicted octanol–water partition coefficient (Wildman–Crippen LogP) is 4.51. The highest BCUT2D eigenvalue weighted by molar-refractivity contribution is 7.91. The van der Waals surface area contributed by atoms with Gasteiger partial charge in [0, 0.05) is 12.1 Å². The molecular formula is C22H23ClN4O4S2. The Morgan fingerprint density at radius 1 is 1.09 bits per heavy atom.